The van der Waals surface area contributed by atoms with Gasteiger partial charge in [0, 0.05) is 12.6 Å². The smallest absolute Gasteiger partial charge is 0.489 e. The lowest BCUT2D eigenvalue weighted by Crippen LogP contribution is -2.42. The fourth-order valence-corrected chi connectivity index (χ4v) is 4.11. The maximum absolute atomic E-state index is 14.4. The van der Waals surface area contributed by atoms with Gasteiger partial charge in [-0.1, -0.05) is 53.5 Å². The molecule has 0 aromatic heterocycles. The van der Waals surface area contributed by atoms with Crippen LogP contribution in [-0.4, -0.2) is 24.3 Å². The van der Waals surface area contributed by atoms with Gasteiger partial charge in [-0.2, -0.15) is 5.43 Å². The summed E-state index contributed by atoms with van der Waals surface area (Å²) in [7, 11) is 1.70. The molecule has 0 spiro atoms. The second-order valence-electron chi connectivity index (χ2n) is 7.33. The highest BCUT2D eigenvalue weighted by atomic mass is 35.5. The van der Waals surface area contributed by atoms with Crippen molar-refractivity contribution in [3.8, 4) is 11.5 Å². The number of alkyl halides is 4. The van der Waals surface area contributed by atoms with Crippen molar-refractivity contribution in [1.82, 2.24) is 10.4 Å². The van der Waals surface area contributed by atoms with Crippen molar-refractivity contribution in [3.05, 3.63) is 94.3 Å². The molecule has 1 atom stereocenters. The third kappa shape index (κ3) is 5.38. The maximum atomic E-state index is 14.4. The number of benzene rings is 3. The van der Waals surface area contributed by atoms with E-state index in [0.29, 0.717) is 17.1 Å². The van der Waals surface area contributed by atoms with Crippen LogP contribution in [0.15, 0.2) is 71.7 Å². The van der Waals surface area contributed by atoms with Crippen molar-refractivity contribution >= 4 is 29.0 Å². The van der Waals surface area contributed by atoms with E-state index in [1.54, 1.807) is 36.3 Å². The van der Waals surface area contributed by atoms with Crippen LogP contribution >= 0.6 is 23.2 Å². The van der Waals surface area contributed by atoms with Crippen molar-refractivity contribution in [1.29, 1.82) is 0 Å². The zero-order valence-corrected chi connectivity index (χ0v) is 19.0. The Balaban J connectivity index is 1.45. The molecular weight excluding hydrogens is 497 g/mol. The SMILES string of the molecule is CN1NC(Cl)(c2c(F)cccc2Cl)N=C1c1ccc(COc2ccc(OC(F)(F)F)cc2)cc1. The van der Waals surface area contributed by atoms with Gasteiger partial charge in [0.25, 0.3) is 0 Å². The molecule has 1 unspecified atom stereocenters. The number of rotatable bonds is 6. The molecule has 1 aliphatic heterocycles. The summed E-state index contributed by atoms with van der Waals surface area (Å²) >= 11 is 12.7. The number of aliphatic imine (C=N–C) groups is 1. The first-order valence-corrected chi connectivity index (χ1v) is 10.6. The Morgan fingerprint density at radius 2 is 1.65 bits per heavy atom. The standard InChI is InChI=1S/C23H17Cl2F4N3O2/c1-32-21(30-22(25,31-32)20-18(24)3-2-4-19(20)26)15-7-5-14(6-8-15)13-33-16-9-11-17(12-10-16)34-23(27,28)29/h2-12,31H,13H2,1H3. The number of amidine groups is 1. The van der Waals surface area contributed by atoms with E-state index >= 15 is 0 Å². The first-order chi connectivity index (χ1) is 16.0. The molecule has 1 aliphatic rings. The van der Waals surface area contributed by atoms with Crippen LogP contribution in [0.2, 0.25) is 5.02 Å². The van der Waals surface area contributed by atoms with Crippen molar-refractivity contribution < 1.29 is 27.0 Å². The van der Waals surface area contributed by atoms with E-state index < -0.39 is 17.3 Å². The van der Waals surface area contributed by atoms with Gasteiger partial charge in [0.1, 0.15) is 29.8 Å². The molecule has 0 saturated carbocycles. The van der Waals surface area contributed by atoms with Gasteiger partial charge in [0.15, 0.2) is 0 Å². The average Bonchev–Trinajstić information content (AvgIpc) is 3.07. The summed E-state index contributed by atoms with van der Waals surface area (Å²) in [6, 6.07) is 16.6. The summed E-state index contributed by atoms with van der Waals surface area (Å²) in [6.45, 7) is 0.185. The molecule has 0 amide bonds. The first kappa shape index (κ1) is 24.1. The predicted octanol–water partition coefficient (Wildman–Crippen LogP) is 6.20. The normalized spacial score (nSPS) is 18.1. The largest absolute Gasteiger partial charge is 0.573 e. The number of nitrogens with zero attached hydrogens (tertiary/aromatic N) is 2. The van der Waals surface area contributed by atoms with Crippen LogP contribution in [0.4, 0.5) is 17.6 Å². The molecule has 0 radical (unpaired) electrons. The van der Waals surface area contributed by atoms with Crippen molar-refractivity contribution in [2.45, 2.75) is 18.1 Å². The van der Waals surface area contributed by atoms with Crippen LogP contribution in [0.25, 0.3) is 0 Å². The molecule has 1 N–H and O–H groups in total. The molecule has 5 nitrogen and oxygen atoms in total. The summed E-state index contributed by atoms with van der Waals surface area (Å²) < 4.78 is 60.6. The van der Waals surface area contributed by atoms with Crippen LogP contribution in [0.3, 0.4) is 0 Å². The van der Waals surface area contributed by atoms with E-state index in [1.165, 1.54) is 42.5 Å². The van der Waals surface area contributed by atoms with Gasteiger partial charge in [-0.3, -0.25) is 5.01 Å². The third-order valence-corrected chi connectivity index (χ3v) is 5.54. The first-order valence-electron chi connectivity index (χ1n) is 9.87. The van der Waals surface area contributed by atoms with Crippen molar-refractivity contribution in [2.75, 3.05) is 7.05 Å². The minimum Gasteiger partial charge on any atom is -0.489 e. The maximum Gasteiger partial charge on any atom is 0.573 e. The summed E-state index contributed by atoms with van der Waals surface area (Å²) in [5, 5.41) is 0.119. The number of ether oxygens (including phenoxy) is 2. The van der Waals surface area contributed by atoms with E-state index in [9.17, 15) is 17.6 Å². The molecule has 11 heteroatoms. The van der Waals surface area contributed by atoms with Gasteiger partial charge >= 0.3 is 6.36 Å². The van der Waals surface area contributed by atoms with Crippen LogP contribution in [0.5, 0.6) is 11.5 Å². The minimum atomic E-state index is -4.75. The zero-order valence-electron chi connectivity index (χ0n) is 17.5. The van der Waals surface area contributed by atoms with E-state index in [-0.39, 0.29) is 22.9 Å². The Labute approximate surface area is 202 Å². The Kier molecular flexibility index (Phi) is 6.62. The zero-order chi connectivity index (χ0) is 24.5. The van der Waals surface area contributed by atoms with Gasteiger partial charge in [-0.25, -0.2) is 9.38 Å². The highest BCUT2D eigenvalue weighted by molar-refractivity contribution is 6.33. The molecule has 34 heavy (non-hydrogen) atoms. The van der Waals surface area contributed by atoms with Crippen molar-refractivity contribution in [3.63, 3.8) is 0 Å². The summed E-state index contributed by atoms with van der Waals surface area (Å²) in [6.07, 6.45) is -4.75. The second-order valence-corrected chi connectivity index (χ2v) is 8.28. The predicted molar refractivity (Wildman–Crippen MR) is 120 cm³/mol. The fraction of sp³-hybridized carbons (Fsp3) is 0.174. The molecular formula is C23H17Cl2F4N3O2. The van der Waals surface area contributed by atoms with Gasteiger partial charge in [-0.15, -0.1) is 13.2 Å². The highest BCUT2D eigenvalue weighted by Crippen LogP contribution is 2.38. The lowest BCUT2D eigenvalue weighted by molar-refractivity contribution is -0.274. The molecule has 4 rings (SSSR count). The Morgan fingerprint density at radius 3 is 2.26 bits per heavy atom. The van der Waals surface area contributed by atoms with Gasteiger partial charge in [0.05, 0.1) is 10.6 Å². The summed E-state index contributed by atoms with van der Waals surface area (Å²) in [4.78, 5) is 4.47. The molecule has 0 bridgehead atoms. The Bertz CT molecular complexity index is 1180. The Morgan fingerprint density at radius 1 is 1.00 bits per heavy atom. The average molecular weight is 514 g/mol. The van der Waals surface area contributed by atoms with Gasteiger partial charge < -0.3 is 9.47 Å². The monoisotopic (exact) mass is 513 g/mol. The lowest BCUT2D eigenvalue weighted by atomic mass is 10.1. The van der Waals surface area contributed by atoms with Crippen LogP contribution in [0.1, 0.15) is 16.7 Å². The molecule has 1 heterocycles. The number of hydrogen-bond acceptors (Lipinski definition) is 5. The summed E-state index contributed by atoms with van der Waals surface area (Å²) in [5.41, 5.74) is 4.47. The molecule has 0 saturated heterocycles. The quantitative estimate of drug-likeness (QED) is 0.242. The molecule has 178 valence electrons. The minimum absolute atomic E-state index is 0.0249. The summed E-state index contributed by atoms with van der Waals surface area (Å²) in [5.74, 6) is -0.0522. The van der Waals surface area contributed by atoms with Gasteiger partial charge in [0.2, 0.25) is 5.12 Å². The number of hydrogen-bond donors (Lipinski definition) is 1. The van der Waals surface area contributed by atoms with Crippen LogP contribution < -0.4 is 14.9 Å². The number of nitrogens with one attached hydrogen (secondary N) is 1. The van der Waals surface area contributed by atoms with E-state index in [2.05, 4.69) is 15.2 Å². The van der Waals surface area contributed by atoms with Gasteiger partial charge in [-0.05, 0) is 42.0 Å². The highest BCUT2D eigenvalue weighted by Gasteiger charge is 2.41. The lowest BCUT2D eigenvalue weighted by Gasteiger charge is -2.23. The van der Waals surface area contributed by atoms with E-state index in [4.69, 9.17) is 27.9 Å². The van der Waals surface area contributed by atoms with E-state index in [1.807, 2.05) is 0 Å². The molecule has 0 aliphatic carbocycles. The van der Waals surface area contributed by atoms with Crippen LogP contribution in [0, 0.1) is 5.82 Å². The fourth-order valence-electron chi connectivity index (χ4n) is 3.36. The van der Waals surface area contributed by atoms with Crippen LogP contribution in [-0.2, 0) is 11.7 Å². The third-order valence-electron chi connectivity index (χ3n) is 4.86. The van der Waals surface area contributed by atoms with Crippen molar-refractivity contribution in [2.24, 2.45) is 4.99 Å². The second kappa shape index (κ2) is 9.32. The topological polar surface area (TPSA) is 46.1 Å². The molecule has 3 aromatic rings. The number of halogens is 6. The number of hydrazine groups is 1. The molecule has 0 fully saturated rings. The molecule has 3 aromatic carbocycles. The van der Waals surface area contributed by atoms with E-state index in [0.717, 1.165) is 5.56 Å². The Hall–Kier alpha value is -3.01.